The molecule has 7 nitrogen and oxygen atoms in total. The molecule has 116 valence electrons. The third-order valence-corrected chi connectivity index (χ3v) is 3.88. The average Bonchev–Trinajstić information content (AvgIpc) is 2.55. The van der Waals surface area contributed by atoms with Crippen LogP contribution in [0.3, 0.4) is 0 Å². The van der Waals surface area contributed by atoms with E-state index in [2.05, 4.69) is 5.32 Å². The molecule has 1 unspecified atom stereocenters. The van der Waals surface area contributed by atoms with Crippen molar-refractivity contribution in [1.29, 1.82) is 0 Å². The third kappa shape index (κ3) is 2.88. The van der Waals surface area contributed by atoms with E-state index in [1.807, 2.05) is 6.07 Å². The largest absolute Gasteiger partial charge is 0.478 e. The molecule has 0 bridgehead atoms. The fraction of sp³-hybridized carbons (Fsp3) is 0.400. The molecule has 7 heteroatoms. The fourth-order valence-electron chi connectivity index (χ4n) is 2.59. The second kappa shape index (κ2) is 6.05. The molecule has 2 aliphatic heterocycles. The Morgan fingerprint density at radius 1 is 1.27 bits per heavy atom. The summed E-state index contributed by atoms with van der Waals surface area (Å²) < 4.78 is 5.62. The molecule has 0 aliphatic carbocycles. The molecule has 1 aromatic rings. The molecule has 2 aliphatic rings. The van der Waals surface area contributed by atoms with Crippen LogP contribution >= 0.6 is 0 Å². The second-order valence-corrected chi connectivity index (χ2v) is 5.32. The molecule has 0 radical (unpaired) electrons. The van der Waals surface area contributed by atoms with Gasteiger partial charge < -0.3 is 19.9 Å². The van der Waals surface area contributed by atoms with Crippen molar-refractivity contribution in [2.75, 3.05) is 31.5 Å². The monoisotopic (exact) mass is 303 g/mol. The van der Waals surface area contributed by atoms with Gasteiger partial charge in [-0.2, -0.15) is 0 Å². The van der Waals surface area contributed by atoms with Crippen molar-refractivity contribution in [3.05, 3.63) is 24.3 Å². The molecule has 1 fully saturated rings. The topological polar surface area (TPSA) is 79.0 Å². The summed E-state index contributed by atoms with van der Waals surface area (Å²) in [6.07, 6.45) is -0.0240. The van der Waals surface area contributed by atoms with E-state index in [0.717, 1.165) is 6.41 Å². The van der Waals surface area contributed by atoms with Crippen LogP contribution in [0.5, 0.6) is 5.75 Å². The lowest BCUT2D eigenvalue weighted by molar-refractivity contribution is -0.139. The molecule has 3 rings (SSSR count). The Hall–Kier alpha value is -2.57. The van der Waals surface area contributed by atoms with Crippen molar-refractivity contribution < 1.29 is 19.1 Å². The quantitative estimate of drug-likeness (QED) is 0.802. The van der Waals surface area contributed by atoms with Gasteiger partial charge in [0.1, 0.15) is 5.75 Å². The van der Waals surface area contributed by atoms with E-state index in [0.29, 0.717) is 37.6 Å². The number of anilines is 1. The summed E-state index contributed by atoms with van der Waals surface area (Å²) in [7, 11) is 0. The first-order valence-electron chi connectivity index (χ1n) is 7.21. The first-order chi connectivity index (χ1) is 10.7. The van der Waals surface area contributed by atoms with E-state index in [1.165, 1.54) is 0 Å². The van der Waals surface area contributed by atoms with Gasteiger partial charge in [-0.25, -0.2) is 0 Å². The lowest BCUT2D eigenvalue weighted by Gasteiger charge is -2.33. The van der Waals surface area contributed by atoms with Crippen LogP contribution in [0.15, 0.2) is 24.3 Å². The summed E-state index contributed by atoms with van der Waals surface area (Å²) in [6, 6.07) is 7.13. The smallest absolute Gasteiger partial charge is 0.266 e. The van der Waals surface area contributed by atoms with Gasteiger partial charge in [0.05, 0.1) is 12.1 Å². The highest BCUT2D eigenvalue weighted by atomic mass is 16.5. The SMILES string of the molecule is O=CN1CCN(C(=O)CC2Oc3ccccc3NC2=O)CC1. The summed E-state index contributed by atoms with van der Waals surface area (Å²) in [5, 5.41) is 2.75. The average molecular weight is 303 g/mol. The standard InChI is InChI=1S/C15H17N3O4/c19-10-17-5-7-18(8-6-17)14(20)9-13-15(21)16-11-3-1-2-4-12(11)22-13/h1-4,10,13H,5-9H2,(H,16,21). The van der Waals surface area contributed by atoms with E-state index in [-0.39, 0.29) is 18.2 Å². The summed E-state index contributed by atoms with van der Waals surface area (Å²) in [6.45, 7) is 2.02. The van der Waals surface area contributed by atoms with Crippen molar-refractivity contribution in [3.63, 3.8) is 0 Å². The predicted molar refractivity (Wildman–Crippen MR) is 78.3 cm³/mol. The second-order valence-electron chi connectivity index (χ2n) is 5.32. The molecule has 1 atom stereocenters. The first-order valence-corrected chi connectivity index (χ1v) is 7.21. The van der Waals surface area contributed by atoms with Crippen molar-refractivity contribution in [2.45, 2.75) is 12.5 Å². The summed E-state index contributed by atoms with van der Waals surface area (Å²) in [5.41, 5.74) is 0.621. The van der Waals surface area contributed by atoms with Crippen LogP contribution in [0.2, 0.25) is 0 Å². The van der Waals surface area contributed by atoms with E-state index in [1.54, 1.807) is 28.0 Å². The zero-order chi connectivity index (χ0) is 15.5. The number of nitrogens with one attached hydrogen (secondary N) is 1. The Morgan fingerprint density at radius 2 is 2.00 bits per heavy atom. The van der Waals surface area contributed by atoms with E-state index in [4.69, 9.17) is 4.74 Å². The number of carbonyl (C=O) groups is 3. The minimum absolute atomic E-state index is 0.00125. The Labute approximate surface area is 127 Å². The zero-order valence-corrected chi connectivity index (χ0v) is 12.0. The number of nitrogens with zero attached hydrogens (tertiary/aromatic N) is 2. The van der Waals surface area contributed by atoms with Gasteiger partial charge in [0.15, 0.2) is 6.10 Å². The highest BCUT2D eigenvalue weighted by Crippen LogP contribution is 2.29. The highest BCUT2D eigenvalue weighted by molar-refractivity contribution is 5.99. The van der Waals surface area contributed by atoms with Crippen LogP contribution in [0.25, 0.3) is 0 Å². The molecular formula is C15H17N3O4. The van der Waals surface area contributed by atoms with Crippen molar-refractivity contribution >= 4 is 23.9 Å². The number of amides is 3. The molecule has 2 heterocycles. The molecule has 1 aromatic carbocycles. The number of carbonyl (C=O) groups excluding carboxylic acids is 3. The minimum Gasteiger partial charge on any atom is -0.478 e. The van der Waals surface area contributed by atoms with Gasteiger partial charge in [-0.05, 0) is 12.1 Å². The molecule has 0 spiro atoms. The number of ether oxygens (including phenoxy) is 1. The van der Waals surface area contributed by atoms with Gasteiger partial charge in [-0.1, -0.05) is 12.1 Å². The first kappa shape index (κ1) is 14.4. The number of rotatable bonds is 3. The lowest BCUT2D eigenvalue weighted by Crippen LogP contribution is -2.50. The Balaban J connectivity index is 1.60. The Bertz CT molecular complexity index is 596. The third-order valence-electron chi connectivity index (χ3n) is 3.88. The Morgan fingerprint density at radius 3 is 2.73 bits per heavy atom. The maximum atomic E-state index is 12.3. The van der Waals surface area contributed by atoms with Crippen LogP contribution in [0.4, 0.5) is 5.69 Å². The van der Waals surface area contributed by atoms with E-state index >= 15 is 0 Å². The molecule has 22 heavy (non-hydrogen) atoms. The van der Waals surface area contributed by atoms with Crippen LogP contribution in [0.1, 0.15) is 6.42 Å². The number of fused-ring (bicyclic) bond motifs is 1. The predicted octanol–water partition coefficient (Wildman–Crippen LogP) is 0.0768. The lowest BCUT2D eigenvalue weighted by atomic mass is 10.1. The van der Waals surface area contributed by atoms with E-state index < -0.39 is 6.10 Å². The van der Waals surface area contributed by atoms with Gasteiger partial charge in [0, 0.05) is 26.2 Å². The maximum absolute atomic E-state index is 12.3. The van der Waals surface area contributed by atoms with Crippen LogP contribution in [-0.4, -0.2) is 60.3 Å². The molecule has 0 saturated carbocycles. The molecule has 3 amide bonds. The highest BCUT2D eigenvalue weighted by Gasteiger charge is 2.31. The minimum atomic E-state index is -0.813. The van der Waals surface area contributed by atoms with Gasteiger partial charge in [0.25, 0.3) is 5.91 Å². The Kier molecular flexibility index (Phi) is 3.95. The number of para-hydroxylation sites is 2. The van der Waals surface area contributed by atoms with Crippen LogP contribution < -0.4 is 10.1 Å². The van der Waals surface area contributed by atoms with Crippen molar-refractivity contribution in [1.82, 2.24) is 9.80 Å². The van der Waals surface area contributed by atoms with Crippen LogP contribution in [-0.2, 0) is 14.4 Å². The summed E-state index contributed by atoms with van der Waals surface area (Å²) in [5.74, 6) is 0.134. The number of piperazine rings is 1. The number of hydrogen-bond donors (Lipinski definition) is 1. The van der Waals surface area contributed by atoms with E-state index in [9.17, 15) is 14.4 Å². The number of hydrogen-bond acceptors (Lipinski definition) is 4. The van der Waals surface area contributed by atoms with Gasteiger partial charge in [0.2, 0.25) is 12.3 Å². The van der Waals surface area contributed by atoms with Gasteiger partial charge in [-0.3, -0.25) is 14.4 Å². The van der Waals surface area contributed by atoms with Gasteiger partial charge >= 0.3 is 0 Å². The maximum Gasteiger partial charge on any atom is 0.266 e. The van der Waals surface area contributed by atoms with Gasteiger partial charge in [-0.15, -0.1) is 0 Å². The summed E-state index contributed by atoms with van der Waals surface area (Å²) >= 11 is 0. The molecule has 1 saturated heterocycles. The molecule has 1 N–H and O–H groups in total. The van der Waals surface area contributed by atoms with Crippen molar-refractivity contribution in [3.8, 4) is 5.75 Å². The van der Waals surface area contributed by atoms with Crippen LogP contribution in [0, 0.1) is 0 Å². The molecular weight excluding hydrogens is 286 g/mol. The van der Waals surface area contributed by atoms with Crippen molar-refractivity contribution in [2.24, 2.45) is 0 Å². The fourth-order valence-corrected chi connectivity index (χ4v) is 2.59. The molecule has 0 aromatic heterocycles. The zero-order valence-electron chi connectivity index (χ0n) is 12.0. The summed E-state index contributed by atoms with van der Waals surface area (Å²) in [4.78, 5) is 38.2. The number of benzene rings is 1. The normalized spacial score (nSPS) is 20.7.